The Morgan fingerprint density at radius 2 is 1.48 bits per heavy atom. The normalized spacial score (nSPS) is 17.9. The van der Waals surface area contributed by atoms with E-state index in [1.807, 2.05) is 11.3 Å². The van der Waals surface area contributed by atoms with E-state index in [0.29, 0.717) is 0 Å². The number of rotatable bonds is 2. The number of nitrogens with zero attached hydrogens (tertiary/aromatic N) is 1. The van der Waals surface area contributed by atoms with E-state index in [4.69, 9.17) is 14.3 Å². The van der Waals surface area contributed by atoms with E-state index in [9.17, 15) is 0 Å². The van der Waals surface area contributed by atoms with Crippen molar-refractivity contribution < 1.29 is 9.31 Å². The fourth-order valence-corrected chi connectivity index (χ4v) is 6.15. The van der Waals surface area contributed by atoms with Crippen LogP contribution in [0.25, 0.3) is 41.0 Å². The smallest absolute Gasteiger partial charge is 0.399 e. The van der Waals surface area contributed by atoms with Crippen molar-refractivity contribution in [3.8, 4) is 10.6 Å². The topological polar surface area (TPSA) is 31.4 Å². The summed E-state index contributed by atoms with van der Waals surface area (Å²) in [5, 5.41) is 3.65. The molecule has 0 atom stereocenters. The number of fused-ring (bicyclic) bond motifs is 4. The van der Waals surface area contributed by atoms with Crippen LogP contribution in [0.3, 0.4) is 0 Å². The molecule has 3 heterocycles. The van der Waals surface area contributed by atoms with Gasteiger partial charge in [0.25, 0.3) is 0 Å². The molecule has 0 amide bonds. The largest absolute Gasteiger partial charge is 0.494 e. The van der Waals surface area contributed by atoms with Crippen LogP contribution < -0.4 is 5.46 Å². The van der Waals surface area contributed by atoms with Crippen molar-refractivity contribution in [1.82, 2.24) is 4.98 Å². The summed E-state index contributed by atoms with van der Waals surface area (Å²) in [7, 11) is -0.353. The summed E-state index contributed by atoms with van der Waals surface area (Å²) in [4.78, 5) is 4.92. The second kappa shape index (κ2) is 6.63. The van der Waals surface area contributed by atoms with Gasteiger partial charge in [0, 0.05) is 25.7 Å². The Morgan fingerprint density at radius 3 is 2.29 bits per heavy atom. The SMILES string of the molecule is CC1(C)OB(c2ccc3nc(-c4ccc5sc6ccccc6c5c4)sc3c2)OC1(C)C. The van der Waals surface area contributed by atoms with Gasteiger partial charge in [0.2, 0.25) is 0 Å². The lowest BCUT2D eigenvalue weighted by atomic mass is 9.79. The van der Waals surface area contributed by atoms with Crippen LogP contribution in [0.1, 0.15) is 27.7 Å². The van der Waals surface area contributed by atoms with E-state index >= 15 is 0 Å². The van der Waals surface area contributed by atoms with Gasteiger partial charge in [0.05, 0.1) is 21.4 Å². The molecule has 0 N–H and O–H groups in total. The van der Waals surface area contributed by atoms with Crippen molar-refractivity contribution >= 4 is 65.6 Å². The molecule has 3 aromatic carbocycles. The third-order valence-electron chi connectivity index (χ3n) is 6.56. The van der Waals surface area contributed by atoms with Gasteiger partial charge in [0.15, 0.2) is 0 Å². The summed E-state index contributed by atoms with van der Waals surface area (Å²) in [5.41, 5.74) is 2.53. The molecule has 0 spiro atoms. The minimum Gasteiger partial charge on any atom is -0.399 e. The van der Waals surface area contributed by atoms with Gasteiger partial charge in [-0.1, -0.05) is 30.3 Å². The summed E-state index contributed by atoms with van der Waals surface area (Å²) in [6.45, 7) is 8.34. The van der Waals surface area contributed by atoms with Crippen LogP contribution in [0.2, 0.25) is 0 Å². The maximum atomic E-state index is 6.23. The standard InChI is InChI=1S/C25H22BNO2S2/c1-24(2)25(3,4)29-26(28-24)16-10-11-19-22(14-16)31-23(27-19)15-9-12-21-18(13-15)17-7-5-6-8-20(17)30-21/h5-14H,1-4H3. The van der Waals surface area contributed by atoms with Gasteiger partial charge in [0.1, 0.15) is 5.01 Å². The second-order valence-corrected chi connectivity index (χ2v) is 11.3. The Hall–Kier alpha value is -2.25. The number of thiazole rings is 1. The Labute approximate surface area is 189 Å². The molecule has 0 unspecified atom stereocenters. The zero-order chi connectivity index (χ0) is 21.4. The third-order valence-corrected chi connectivity index (χ3v) is 8.78. The van der Waals surface area contributed by atoms with Crippen LogP contribution in [-0.4, -0.2) is 23.3 Å². The Morgan fingerprint density at radius 1 is 0.742 bits per heavy atom. The Kier molecular flexibility index (Phi) is 4.16. The van der Waals surface area contributed by atoms with Gasteiger partial charge in [-0.15, -0.1) is 22.7 Å². The summed E-state index contributed by atoms with van der Waals surface area (Å²) in [6.07, 6.45) is 0. The average Bonchev–Trinajstić information content (AvgIpc) is 3.38. The predicted octanol–water partition coefficient (Wildman–Crippen LogP) is 6.63. The summed E-state index contributed by atoms with van der Waals surface area (Å²) in [6, 6.07) is 21.6. The van der Waals surface area contributed by atoms with Crippen molar-refractivity contribution in [3.63, 3.8) is 0 Å². The van der Waals surface area contributed by atoms with Crippen molar-refractivity contribution in [2.75, 3.05) is 0 Å². The van der Waals surface area contributed by atoms with Gasteiger partial charge >= 0.3 is 7.12 Å². The molecule has 2 aromatic heterocycles. The van der Waals surface area contributed by atoms with Gasteiger partial charge in [-0.25, -0.2) is 4.98 Å². The monoisotopic (exact) mass is 443 g/mol. The molecule has 6 heteroatoms. The molecule has 31 heavy (non-hydrogen) atoms. The first-order chi connectivity index (χ1) is 14.8. The summed E-state index contributed by atoms with van der Waals surface area (Å²) < 4.78 is 16.3. The Balaban J connectivity index is 1.40. The molecular weight excluding hydrogens is 421 g/mol. The molecule has 1 aliphatic heterocycles. The summed E-state index contributed by atoms with van der Waals surface area (Å²) >= 11 is 3.56. The first kappa shape index (κ1) is 19.4. The average molecular weight is 443 g/mol. The fourth-order valence-electron chi connectivity index (χ4n) is 4.05. The summed E-state index contributed by atoms with van der Waals surface area (Å²) in [5.74, 6) is 0. The predicted molar refractivity (Wildman–Crippen MR) is 134 cm³/mol. The van der Waals surface area contributed by atoms with Crippen molar-refractivity contribution in [3.05, 3.63) is 60.7 Å². The molecule has 1 aliphatic rings. The highest BCUT2D eigenvalue weighted by Crippen LogP contribution is 2.39. The van der Waals surface area contributed by atoms with Gasteiger partial charge in [-0.3, -0.25) is 0 Å². The second-order valence-electron chi connectivity index (χ2n) is 9.14. The van der Waals surface area contributed by atoms with E-state index in [1.165, 1.54) is 20.2 Å². The highest BCUT2D eigenvalue weighted by Gasteiger charge is 2.51. The highest BCUT2D eigenvalue weighted by molar-refractivity contribution is 7.25. The van der Waals surface area contributed by atoms with Crippen LogP contribution in [0.4, 0.5) is 0 Å². The lowest BCUT2D eigenvalue weighted by molar-refractivity contribution is 0.00578. The quantitative estimate of drug-likeness (QED) is 0.287. The minimum atomic E-state index is -0.353. The molecular formula is C25H22BNO2S2. The number of hydrogen-bond acceptors (Lipinski definition) is 5. The van der Waals surface area contributed by atoms with Crippen LogP contribution in [0.5, 0.6) is 0 Å². The molecule has 3 nitrogen and oxygen atoms in total. The molecule has 1 saturated heterocycles. The van der Waals surface area contributed by atoms with E-state index in [0.717, 1.165) is 26.3 Å². The zero-order valence-corrected chi connectivity index (χ0v) is 19.6. The van der Waals surface area contributed by atoms with E-state index < -0.39 is 0 Å². The van der Waals surface area contributed by atoms with Crippen LogP contribution in [0.15, 0.2) is 60.7 Å². The van der Waals surface area contributed by atoms with Gasteiger partial charge in [-0.2, -0.15) is 0 Å². The fraction of sp³-hybridized carbons (Fsp3) is 0.240. The molecule has 0 saturated carbocycles. The maximum absolute atomic E-state index is 6.23. The lowest BCUT2D eigenvalue weighted by Crippen LogP contribution is -2.41. The van der Waals surface area contributed by atoms with Gasteiger partial charge in [-0.05, 0) is 63.5 Å². The first-order valence-corrected chi connectivity index (χ1v) is 12.1. The van der Waals surface area contributed by atoms with Crippen LogP contribution in [-0.2, 0) is 9.31 Å². The first-order valence-electron chi connectivity index (χ1n) is 10.5. The molecule has 5 aromatic rings. The van der Waals surface area contributed by atoms with Gasteiger partial charge < -0.3 is 9.31 Å². The highest BCUT2D eigenvalue weighted by atomic mass is 32.1. The van der Waals surface area contributed by atoms with Crippen LogP contribution in [0, 0.1) is 0 Å². The number of thiophene rings is 1. The van der Waals surface area contributed by atoms with E-state index in [1.54, 1.807) is 11.3 Å². The minimum absolute atomic E-state index is 0.343. The molecule has 0 radical (unpaired) electrons. The van der Waals surface area contributed by atoms with Crippen molar-refractivity contribution in [2.24, 2.45) is 0 Å². The third kappa shape index (κ3) is 3.05. The molecule has 0 bridgehead atoms. The van der Waals surface area contributed by atoms with Crippen molar-refractivity contribution in [1.29, 1.82) is 0 Å². The van der Waals surface area contributed by atoms with Crippen molar-refractivity contribution in [2.45, 2.75) is 38.9 Å². The van der Waals surface area contributed by atoms with Crippen LogP contribution >= 0.6 is 22.7 Å². The molecule has 0 aliphatic carbocycles. The lowest BCUT2D eigenvalue weighted by Gasteiger charge is -2.32. The number of hydrogen-bond donors (Lipinski definition) is 0. The maximum Gasteiger partial charge on any atom is 0.494 e. The number of benzene rings is 3. The zero-order valence-electron chi connectivity index (χ0n) is 17.9. The molecule has 154 valence electrons. The number of aromatic nitrogens is 1. The van der Waals surface area contributed by atoms with E-state index in [2.05, 4.69) is 88.4 Å². The Bertz CT molecular complexity index is 1450. The molecule has 6 rings (SSSR count). The van der Waals surface area contributed by atoms with E-state index in [-0.39, 0.29) is 18.3 Å². The molecule has 1 fully saturated rings.